The number of rotatable bonds is 5. The van der Waals surface area contributed by atoms with Crippen molar-refractivity contribution in [3.05, 3.63) is 59.9 Å². The van der Waals surface area contributed by atoms with E-state index in [4.69, 9.17) is 5.73 Å². The Labute approximate surface area is 194 Å². The Morgan fingerprint density at radius 1 is 1.03 bits per heavy atom. The highest BCUT2D eigenvalue weighted by Gasteiger charge is 2.31. The molecule has 0 aliphatic carbocycles. The van der Waals surface area contributed by atoms with Gasteiger partial charge >= 0.3 is 6.36 Å². The number of piperazine rings is 1. The van der Waals surface area contributed by atoms with Crippen LogP contribution in [-0.4, -0.2) is 55.1 Å². The number of hydrogen-bond acceptors (Lipinski definition) is 4. The van der Waals surface area contributed by atoms with Crippen LogP contribution < -0.4 is 15.4 Å². The maximum atomic E-state index is 13.0. The molecule has 31 heavy (non-hydrogen) atoms. The van der Waals surface area contributed by atoms with Gasteiger partial charge in [-0.1, -0.05) is 12.1 Å². The Balaban J connectivity index is 0.00000341. The normalized spacial score (nSPS) is 16.0. The Kier molecular flexibility index (Phi) is 8.74. The molecule has 1 unspecified atom stereocenters. The predicted molar refractivity (Wildman–Crippen MR) is 120 cm³/mol. The van der Waals surface area contributed by atoms with Gasteiger partial charge in [-0.3, -0.25) is 4.99 Å². The van der Waals surface area contributed by atoms with Gasteiger partial charge in [0, 0.05) is 31.9 Å². The standard InChI is InChI=1S/C20H22F4N4O2.HI/c21-15-3-5-16(6-4-15)27-9-11-28(12-10-27)19(25)26-13-18(29)14-1-7-17(8-2-14)30-20(22,23)24;/h1-8,18,29H,9-13H2,(H2,25,26);1H. The second-order valence-corrected chi connectivity index (χ2v) is 6.78. The molecule has 1 saturated heterocycles. The van der Waals surface area contributed by atoms with Gasteiger partial charge in [-0.05, 0) is 42.0 Å². The van der Waals surface area contributed by atoms with E-state index in [1.54, 1.807) is 12.1 Å². The van der Waals surface area contributed by atoms with Gasteiger partial charge in [-0.2, -0.15) is 0 Å². The first-order valence-corrected chi connectivity index (χ1v) is 9.30. The molecule has 3 N–H and O–H groups in total. The Morgan fingerprint density at radius 2 is 1.61 bits per heavy atom. The third-order valence-electron chi connectivity index (χ3n) is 4.72. The number of ether oxygens (including phenoxy) is 1. The molecule has 6 nitrogen and oxygen atoms in total. The molecule has 0 amide bonds. The van der Waals surface area contributed by atoms with Crippen molar-refractivity contribution in [2.75, 3.05) is 37.6 Å². The summed E-state index contributed by atoms with van der Waals surface area (Å²) < 4.78 is 53.4. The quantitative estimate of drug-likeness (QED) is 0.256. The first-order chi connectivity index (χ1) is 14.2. The topological polar surface area (TPSA) is 74.3 Å². The summed E-state index contributed by atoms with van der Waals surface area (Å²) >= 11 is 0. The lowest BCUT2D eigenvalue weighted by Gasteiger charge is -2.36. The number of hydrogen-bond donors (Lipinski definition) is 2. The molecule has 0 saturated carbocycles. The third kappa shape index (κ3) is 7.42. The molecule has 2 aromatic carbocycles. The lowest BCUT2D eigenvalue weighted by molar-refractivity contribution is -0.274. The average molecular weight is 554 g/mol. The zero-order valence-corrected chi connectivity index (χ0v) is 18.8. The maximum absolute atomic E-state index is 13.0. The first kappa shape index (κ1) is 25.0. The van der Waals surface area contributed by atoms with Gasteiger partial charge < -0.3 is 25.4 Å². The van der Waals surface area contributed by atoms with Crippen LogP contribution in [0, 0.1) is 5.82 Å². The Bertz CT molecular complexity index is 855. The lowest BCUT2D eigenvalue weighted by Crippen LogP contribution is -2.51. The number of anilines is 1. The zero-order chi connectivity index (χ0) is 21.7. The van der Waals surface area contributed by atoms with E-state index in [1.165, 1.54) is 24.3 Å². The highest BCUT2D eigenvalue weighted by atomic mass is 127. The monoisotopic (exact) mass is 554 g/mol. The van der Waals surface area contributed by atoms with Crippen molar-refractivity contribution in [1.29, 1.82) is 0 Å². The molecular formula is C20H23F4IN4O2. The molecule has 1 atom stereocenters. The zero-order valence-electron chi connectivity index (χ0n) is 16.4. The van der Waals surface area contributed by atoms with E-state index in [0.717, 1.165) is 17.8 Å². The van der Waals surface area contributed by atoms with Crippen LogP contribution in [0.25, 0.3) is 0 Å². The highest BCUT2D eigenvalue weighted by Crippen LogP contribution is 2.24. The smallest absolute Gasteiger partial charge is 0.406 e. The minimum atomic E-state index is -4.76. The summed E-state index contributed by atoms with van der Waals surface area (Å²) in [6.45, 7) is 2.58. The second-order valence-electron chi connectivity index (χ2n) is 6.78. The molecule has 170 valence electrons. The molecule has 2 aromatic rings. The van der Waals surface area contributed by atoms with Crippen molar-refractivity contribution in [1.82, 2.24) is 4.90 Å². The van der Waals surface area contributed by atoms with Crippen molar-refractivity contribution in [3.63, 3.8) is 0 Å². The summed E-state index contributed by atoms with van der Waals surface area (Å²) in [6.07, 6.45) is -5.77. The van der Waals surface area contributed by atoms with Crippen molar-refractivity contribution < 1.29 is 27.4 Å². The molecule has 1 aliphatic heterocycles. The van der Waals surface area contributed by atoms with Crippen LogP contribution >= 0.6 is 24.0 Å². The molecule has 0 bridgehead atoms. The second kappa shape index (κ2) is 10.8. The molecule has 0 aromatic heterocycles. The van der Waals surface area contributed by atoms with Gasteiger partial charge in [0.15, 0.2) is 5.96 Å². The molecule has 0 radical (unpaired) electrons. The summed E-state index contributed by atoms with van der Waals surface area (Å²) in [4.78, 5) is 8.20. The minimum Gasteiger partial charge on any atom is -0.406 e. The van der Waals surface area contributed by atoms with E-state index in [9.17, 15) is 22.7 Å². The van der Waals surface area contributed by atoms with Crippen LogP contribution in [0.3, 0.4) is 0 Å². The fourth-order valence-corrected chi connectivity index (χ4v) is 3.12. The maximum Gasteiger partial charge on any atom is 0.573 e. The number of nitrogens with two attached hydrogens (primary N) is 1. The van der Waals surface area contributed by atoms with Crippen molar-refractivity contribution in [2.45, 2.75) is 12.5 Å². The van der Waals surface area contributed by atoms with Crippen LogP contribution in [0.4, 0.5) is 23.2 Å². The number of halogens is 5. The van der Waals surface area contributed by atoms with Crippen LogP contribution in [0.2, 0.25) is 0 Å². The number of nitrogens with zero attached hydrogens (tertiary/aromatic N) is 3. The SMILES string of the molecule is I.NC(=NCC(O)c1ccc(OC(F)(F)F)cc1)N1CCN(c2ccc(F)cc2)CC1. The fourth-order valence-electron chi connectivity index (χ4n) is 3.12. The van der Waals surface area contributed by atoms with Gasteiger partial charge in [-0.15, -0.1) is 37.1 Å². The summed E-state index contributed by atoms with van der Waals surface area (Å²) in [5, 5.41) is 10.2. The Hall–Kier alpha value is -2.28. The molecule has 11 heteroatoms. The van der Waals surface area contributed by atoms with Gasteiger partial charge in [-0.25, -0.2) is 4.39 Å². The van der Waals surface area contributed by atoms with Gasteiger partial charge in [0.1, 0.15) is 11.6 Å². The molecular weight excluding hydrogens is 531 g/mol. The number of aliphatic imine (C=N–C) groups is 1. The summed E-state index contributed by atoms with van der Waals surface area (Å²) in [5.41, 5.74) is 7.36. The van der Waals surface area contributed by atoms with E-state index in [2.05, 4.69) is 14.6 Å². The molecule has 3 rings (SSSR count). The van der Waals surface area contributed by atoms with Crippen molar-refractivity contribution >= 4 is 35.6 Å². The van der Waals surface area contributed by atoms with E-state index >= 15 is 0 Å². The third-order valence-corrected chi connectivity index (χ3v) is 4.72. The van der Waals surface area contributed by atoms with E-state index in [0.29, 0.717) is 31.7 Å². The molecule has 1 aliphatic rings. The van der Waals surface area contributed by atoms with Crippen molar-refractivity contribution in [3.8, 4) is 5.75 Å². The van der Waals surface area contributed by atoms with Crippen LogP contribution in [0.5, 0.6) is 5.75 Å². The first-order valence-electron chi connectivity index (χ1n) is 9.30. The van der Waals surface area contributed by atoms with Crippen LogP contribution in [0.1, 0.15) is 11.7 Å². The van der Waals surface area contributed by atoms with E-state index in [-0.39, 0.29) is 48.0 Å². The summed E-state index contributed by atoms with van der Waals surface area (Å²) in [5.74, 6) is -0.361. The van der Waals surface area contributed by atoms with Crippen molar-refractivity contribution in [2.24, 2.45) is 10.7 Å². The fraction of sp³-hybridized carbons (Fsp3) is 0.350. The van der Waals surface area contributed by atoms with Gasteiger partial charge in [0.25, 0.3) is 0 Å². The summed E-state index contributed by atoms with van der Waals surface area (Å²) in [7, 11) is 0. The average Bonchev–Trinajstić information content (AvgIpc) is 2.72. The predicted octanol–water partition coefficient (Wildman–Crippen LogP) is 3.51. The van der Waals surface area contributed by atoms with E-state index < -0.39 is 12.5 Å². The van der Waals surface area contributed by atoms with Gasteiger partial charge in [0.05, 0.1) is 12.6 Å². The lowest BCUT2D eigenvalue weighted by atomic mass is 10.1. The number of alkyl halides is 3. The number of aliphatic hydroxyl groups excluding tert-OH is 1. The van der Waals surface area contributed by atoms with Crippen LogP contribution in [0.15, 0.2) is 53.5 Å². The van der Waals surface area contributed by atoms with E-state index in [1.807, 2.05) is 4.90 Å². The molecule has 1 heterocycles. The van der Waals surface area contributed by atoms with Crippen LogP contribution in [-0.2, 0) is 0 Å². The van der Waals surface area contributed by atoms with Gasteiger partial charge in [0.2, 0.25) is 0 Å². The molecule has 1 fully saturated rings. The minimum absolute atomic E-state index is 0. The summed E-state index contributed by atoms with van der Waals surface area (Å²) in [6, 6.07) is 11.2. The number of aliphatic hydroxyl groups is 1. The highest BCUT2D eigenvalue weighted by molar-refractivity contribution is 14.0. The Morgan fingerprint density at radius 3 is 2.16 bits per heavy atom. The number of benzene rings is 2. The number of guanidine groups is 1. The molecule has 0 spiro atoms. The largest absolute Gasteiger partial charge is 0.573 e.